The highest BCUT2D eigenvalue weighted by Gasteiger charge is 2.22. The predicted octanol–water partition coefficient (Wildman–Crippen LogP) is 4.01. The zero-order valence-corrected chi connectivity index (χ0v) is 16.7. The van der Waals surface area contributed by atoms with Crippen molar-refractivity contribution in [2.75, 3.05) is 26.2 Å². The minimum atomic E-state index is -0.181. The standard InChI is InChI=1S/C22H22ClFN4O/c23-19-6-8-20(9-7-19)28-16-18(14-25-28)22(29)27-11-3-10-26(12-13-27)15-17-4-1-2-5-21(17)24/h1-2,4-9,14,16H,3,10-13,15H2. The van der Waals surface area contributed by atoms with E-state index in [1.807, 2.05) is 29.2 Å². The summed E-state index contributed by atoms with van der Waals surface area (Å²) in [6.07, 6.45) is 4.19. The average molecular weight is 413 g/mol. The maximum absolute atomic E-state index is 13.9. The van der Waals surface area contributed by atoms with Crippen molar-refractivity contribution in [3.05, 3.63) is 82.9 Å². The summed E-state index contributed by atoms with van der Waals surface area (Å²) in [5, 5.41) is 4.96. The van der Waals surface area contributed by atoms with Crippen molar-refractivity contribution in [1.82, 2.24) is 19.6 Å². The zero-order valence-electron chi connectivity index (χ0n) is 16.0. The van der Waals surface area contributed by atoms with Crippen LogP contribution in [0.3, 0.4) is 0 Å². The van der Waals surface area contributed by atoms with Crippen LogP contribution in [0.1, 0.15) is 22.3 Å². The van der Waals surface area contributed by atoms with Crippen molar-refractivity contribution in [3.63, 3.8) is 0 Å². The monoisotopic (exact) mass is 412 g/mol. The van der Waals surface area contributed by atoms with Crippen LogP contribution in [-0.4, -0.2) is 51.7 Å². The molecule has 0 bridgehead atoms. The highest BCUT2D eigenvalue weighted by Crippen LogP contribution is 2.16. The van der Waals surface area contributed by atoms with Crippen LogP contribution in [0, 0.1) is 5.82 Å². The largest absolute Gasteiger partial charge is 0.337 e. The van der Waals surface area contributed by atoms with Crippen LogP contribution in [0.25, 0.3) is 5.69 Å². The van der Waals surface area contributed by atoms with Gasteiger partial charge in [-0.15, -0.1) is 0 Å². The zero-order chi connectivity index (χ0) is 20.2. The Labute approximate surface area is 174 Å². The molecular formula is C22H22ClFN4O. The lowest BCUT2D eigenvalue weighted by atomic mass is 10.2. The SMILES string of the molecule is O=C(c1cnn(-c2ccc(Cl)cc2)c1)N1CCCN(Cc2ccccc2F)CC1. The van der Waals surface area contributed by atoms with Crippen LogP contribution >= 0.6 is 11.6 Å². The number of benzene rings is 2. The van der Waals surface area contributed by atoms with Gasteiger partial charge in [0.15, 0.2) is 0 Å². The Bertz CT molecular complexity index is 988. The van der Waals surface area contributed by atoms with E-state index < -0.39 is 0 Å². The van der Waals surface area contributed by atoms with E-state index in [2.05, 4.69) is 10.00 Å². The van der Waals surface area contributed by atoms with E-state index in [4.69, 9.17) is 11.6 Å². The summed E-state index contributed by atoms with van der Waals surface area (Å²) in [7, 11) is 0. The van der Waals surface area contributed by atoms with Crippen LogP contribution < -0.4 is 0 Å². The van der Waals surface area contributed by atoms with E-state index in [1.165, 1.54) is 6.07 Å². The Kier molecular flexibility index (Phi) is 5.92. The second-order valence-electron chi connectivity index (χ2n) is 7.16. The second kappa shape index (κ2) is 8.76. The number of nitrogens with zero attached hydrogens (tertiary/aromatic N) is 4. The maximum Gasteiger partial charge on any atom is 0.257 e. The quantitative estimate of drug-likeness (QED) is 0.650. The van der Waals surface area contributed by atoms with Crippen molar-refractivity contribution in [2.24, 2.45) is 0 Å². The van der Waals surface area contributed by atoms with E-state index in [1.54, 1.807) is 35.3 Å². The van der Waals surface area contributed by atoms with Crippen LogP contribution in [0.5, 0.6) is 0 Å². The Balaban J connectivity index is 1.40. The van der Waals surface area contributed by atoms with Crippen molar-refractivity contribution >= 4 is 17.5 Å². The second-order valence-corrected chi connectivity index (χ2v) is 7.60. The summed E-state index contributed by atoms with van der Waals surface area (Å²) >= 11 is 5.93. The summed E-state index contributed by atoms with van der Waals surface area (Å²) in [5.74, 6) is -0.211. The number of rotatable bonds is 4. The molecule has 0 unspecified atom stereocenters. The number of amides is 1. The van der Waals surface area contributed by atoms with Gasteiger partial charge < -0.3 is 4.90 Å². The molecule has 2 aromatic carbocycles. The number of carbonyl (C=O) groups excluding carboxylic acids is 1. The molecule has 0 aliphatic carbocycles. The number of halogens is 2. The van der Waals surface area contributed by atoms with Crippen LogP contribution in [0.2, 0.25) is 5.02 Å². The molecule has 1 aromatic heterocycles. The van der Waals surface area contributed by atoms with Gasteiger partial charge in [0.25, 0.3) is 5.91 Å². The van der Waals surface area contributed by atoms with Gasteiger partial charge in [-0.2, -0.15) is 5.10 Å². The molecular weight excluding hydrogens is 391 g/mol. The third-order valence-electron chi connectivity index (χ3n) is 5.15. The third-order valence-corrected chi connectivity index (χ3v) is 5.40. The van der Waals surface area contributed by atoms with Crippen molar-refractivity contribution < 1.29 is 9.18 Å². The molecule has 0 N–H and O–H groups in total. The number of aromatic nitrogens is 2. The first-order valence-corrected chi connectivity index (χ1v) is 10.0. The molecule has 2 heterocycles. The summed E-state index contributed by atoms with van der Waals surface area (Å²) in [6.45, 7) is 3.40. The van der Waals surface area contributed by atoms with E-state index in [0.717, 1.165) is 18.7 Å². The molecule has 3 aromatic rings. The molecule has 1 fully saturated rings. The Morgan fingerprint density at radius 2 is 1.83 bits per heavy atom. The van der Waals surface area contributed by atoms with Gasteiger partial charge in [-0.3, -0.25) is 9.69 Å². The summed E-state index contributed by atoms with van der Waals surface area (Å²) in [4.78, 5) is 17.0. The summed E-state index contributed by atoms with van der Waals surface area (Å²) < 4.78 is 15.6. The van der Waals surface area contributed by atoms with Crippen LogP contribution in [0.15, 0.2) is 60.9 Å². The van der Waals surface area contributed by atoms with Gasteiger partial charge in [-0.05, 0) is 36.8 Å². The highest BCUT2D eigenvalue weighted by molar-refractivity contribution is 6.30. The van der Waals surface area contributed by atoms with Gasteiger partial charge in [-0.25, -0.2) is 9.07 Å². The van der Waals surface area contributed by atoms with E-state index in [-0.39, 0.29) is 11.7 Å². The lowest BCUT2D eigenvalue weighted by molar-refractivity contribution is 0.0761. The third kappa shape index (κ3) is 4.66. The minimum Gasteiger partial charge on any atom is -0.337 e. The first kappa shape index (κ1) is 19.6. The van der Waals surface area contributed by atoms with E-state index >= 15 is 0 Å². The molecule has 1 amide bonds. The van der Waals surface area contributed by atoms with Crippen LogP contribution in [-0.2, 0) is 6.54 Å². The molecule has 29 heavy (non-hydrogen) atoms. The molecule has 1 aliphatic heterocycles. The fourth-order valence-electron chi connectivity index (χ4n) is 3.55. The van der Waals surface area contributed by atoms with Gasteiger partial charge in [0.05, 0.1) is 17.4 Å². The smallest absolute Gasteiger partial charge is 0.257 e. The molecule has 1 saturated heterocycles. The summed E-state index contributed by atoms with van der Waals surface area (Å²) in [6, 6.07) is 14.1. The fourth-order valence-corrected chi connectivity index (χ4v) is 3.68. The normalized spacial score (nSPS) is 15.3. The predicted molar refractivity (Wildman–Crippen MR) is 111 cm³/mol. The van der Waals surface area contributed by atoms with Gasteiger partial charge in [-0.1, -0.05) is 29.8 Å². The Morgan fingerprint density at radius 3 is 2.62 bits per heavy atom. The molecule has 0 radical (unpaired) electrons. The number of hydrogen-bond acceptors (Lipinski definition) is 3. The Hall–Kier alpha value is -2.70. The first-order chi connectivity index (χ1) is 14.1. The molecule has 0 spiro atoms. The van der Waals surface area contributed by atoms with E-state index in [9.17, 15) is 9.18 Å². The lowest BCUT2D eigenvalue weighted by Gasteiger charge is -2.22. The van der Waals surface area contributed by atoms with Crippen molar-refractivity contribution in [3.8, 4) is 5.69 Å². The van der Waals surface area contributed by atoms with Gasteiger partial charge in [0, 0.05) is 49.5 Å². The Morgan fingerprint density at radius 1 is 1.03 bits per heavy atom. The first-order valence-electron chi connectivity index (χ1n) is 9.66. The molecule has 0 saturated carbocycles. The number of carbonyl (C=O) groups is 1. The highest BCUT2D eigenvalue weighted by atomic mass is 35.5. The van der Waals surface area contributed by atoms with Crippen LogP contribution in [0.4, 0.5) is 4.39 Å². The van der Waals surface area contributed by atoms with Gasteiger partial charge in [0.2, 0.25) is 0 Å². The minimum absolute atomic E-state index is 0.0297. The average Bonchev–Trinajstić information content (AvgIpc) is 3.10. The van der Waals surface area contributed by atoms with Crippen molar-refractivity contribution in [1.29, 1.82) is 0 Å². The molecule has 7 heteroatoms. The van der Waals surface area contributed by atoms with Crippen molar-refractivity contribution in [2.45, 2.75) is 13.0 Å². The molecule has 5 nitrogen and oxygen atoms in total. The lowest BCUT2D eigenvalue weighted by Crippen LogP contribution is -2.35. The molecule has 150 valence electrons. The number of hydrogen-bond donors (Lipinski definition) is 0. The topological polar surface area (TPSA) is 41.4 Å². The fraction of sp³-hybridized carbons (Fsp3) is 0.273. The maximum atomic E-state index is 13.9. The van der Waals surface area contributed by atoms with Gasteiger partial charge in [0.1, 0.15) is 5.82 Å². The molecule has 4 rings (SSSR count). The molecule has 0 atom stereocenters. The van der Waals surface area contributed by atoms with Gasteiger partial charge >= 0.3 is 0 Å². The summed E-state index contributed by atoms with van der Waals surface area (Å²) in [5.41, 5.74) is 2.10. The van der Waals surface area contributed by atoms with E-state index in [0.29, 0.717) is 42.3 Å². The molecule has 1 aliphatic rings.